The Hall–Kier alpha value is -2.03. The second-order valence-electron chi connectivity index (χ2n) is 5.66. The third-order valence-corrected chi connectivity index (χ3v) is 4.34. The van der Waals surface area contributed by atoms with Crippen LogP contribution in [0.2, 0.25) is 0 Å². The largest absolute Gasteiger partial charge is 0.496 e. The van der Waals surface area contributed by atoms with Gasteiger partial charge in [-0.3, -0.25) is 0 Å². The van der Waals surface area contributed by atoms with Crippen LogP contribution >= 0.6 is 0 Å². The van der Waals surface area contributed by atoms with Gasteiger partial charge < -0.3 is 10.1 Å². The molecule has 0 radical (unpaired) electrons. The average molecular weight is 285 g/mol. The molecule has 2 aromatic carbocycles. The zero-order valence-corrected chi connectivity index (χ0v) is 12.4. The maximum absolute atomic E-state index is 13.5. The van der Waals surface area contributed by atoms with Crippen LogP contribution in [0.25, 0.3) is 0 Å². The minimum absolute atomic E-state index is 0.152. The molecule has 3 heteroatoms. The zero-order valence-electron chi connectivity index (χ0n) is 12.4. The van der Waals surface area contributed by atoms with Crippen LogP contribution in [0.5, 0.6) is 5.75 Å². The molecule has 0 amide bonds. The summed E-state index contributed by atoms with van der Waals surface area (Å²) in [5.74, 6) is 1.33. The van der Waals surface area contributed by atoms with Crippen LogP contribution < -0.4 is 10.1 Å². The van der Waals surface area contributed by atoms with Crippen LogP contribution in [0.4, 0.5) is 10.1 Å². The molecule has 1 aliphatic carbocycles. The molecule has 0 spiro atoms. The molecule has 0 saturated heterocycles. The maximum atomic E-state index is 13.5. The summed E-state index contributed by atoms with van der Waals surface area (Å²) in [4.78, 5) is 0. The smallest absolute Gasteiger partial charge is 0.128 e. The van der Waals surface area contributed by atoms with E-state index in [-0.39, 0.29) is 5.82 Å². The van der Waals surface area contributed by atoms with E-state index in [4.69, 9.17) is 4.74 Å². The minimum atomic E-state index is -0.152. The fourth-order valence-electron chi connectivity index (χ4n) is 2.98. The number of halogens is 1. The monoisotopic (exact) mass is 285 g/mol. The highest BCUT2D eigenvalue weighted by Gasteiger charge is 2.32. The van der Waals surface area contributed by atoms with Crippen LogP contribution in [0, 0.1) is 12.7 Å². The Balaban J connectivity index is 1.65. The molecule has 0 aliphatic heterocycles. The van der Waals surface area contributed by atoms with Crippen LogP contribution in [0.3, 0.4) is 0 Å². The molecule has 0 atom stereocenters. The lowest BCUT2D eigenvalue weighted by Gasteiger charge is -2.37. The number of benzene rings is 2. The molecule has 21 heavy (non-hydrogen) atoms. The lowest BCUT2D eigenvalue weighted by atomic mass is 9.75. The number of rotatable bonds is 4. The summed E-state index contributed by atoms with van der Waals surface area (Å²) >= 11 is 0. The average Bonchev–Trinajstić information content (AvgIpc) is 2.46. The summed E-state index contributed by atoms with van der Waals surface area (Å²) in [5.41, 5.74) is 2.87. The molecule has 0 bridgehead atoms. The maximum Gasteiger partial charge on any atom is 0.128 e. The highest BCUT2D eigenvalue weighted by atomic mass is 19.1. The van der Waals surface area contributed by atoms with Gasteiger partial charge in [-0.15, -0.1) is 0 Å². The van der Waals surface area contributed by atoms with Gasteiger partial charge in [0.15, 0.2) is 0 Å². The van der Waals surface area contributed by atoms with Crippen molar-refractivity contribution >= 4 is 5.69 Å². The number of methoxy groups -OCH3 is 1. The summed E-state index contributed by atoms with van der Waals surface area (Å²) in [6, 6.07) is 13.8. The van der Waals surface area contributed by atoms with Crippen molar-refractivity contribution in [1.29, 1.82) is 0 Å². The third-order valence-electron chi connectivity index (χ3n) is 4.34. The van der Waals surface area contributed by atoms with Crippen molar-refractivity contribution in [2.75, 3.05) is 12.4 Å². The van der Waals surface area contributed by atoms with Gasteiger partial charge in [0.1, 0.15) is 11.6 Å². The number of para-hydroxylation sites is 1. The highest BCUT2D eigenvalue weighted by Crippen LogP contribution is 2.42. The fraction of sp³-hybridized carbons (Fsp3) is 0.333. The van der Waals surface area contributed by atoms with Crippen molar-refractivity contribution in [2.24, 2.45) is 0 Å². The third kappa shape index (κ3) is 2.73. The van der Waals surface area contributed by atoms with Crippen molar-refractivity contribution in [3.05, 3.63) is 59.4 Å². The number of anilines is 1. The fourth-order valence-corrected chi connectivity index (χ4v) is 2.98. The van der Waals surface area contributed by atoms with Gasteiger partial charge >= 0.3 is 0 Å². The van der Waals surface area contributed by atoms with Gasteiger partial charge in [-0.05, 0) is 49.4 Å². The molecule has 2 nitrogen and oxygen atoms in total. The highest BCUT2D eigenvalue weighted by molar-refractivity contribution is 5.52. The lowest BCUT2D eigenvalue weighted by Crippen LogP contribution is -2.34. The zero-order chi connectivity index (χ0) is 14.8. The van der Waals surface area contributed by atoms with Crippen molar-refractivity contribution in [3.63, 3.8) is 0 Å². The van der Waals surface area contributed by atoms with E-state index in [9.17, 15) is 4.39 Å². The SMILES string of the molecule is COc1ccccc1C1CC(Nc2cccc(F)c2C)C1. The summed E-state index contributed by atoms with van der Waals surface area (Å²) in [5, 5.41) is 3.44. The van der Waals surface area contributed by atoms with Gasteiger partial charge in [-0.25, -0.2) is 4.39 Å². The molecule has 3 rings (SSSR count). The molecule has 1 aliphatic rings. The Morgan fingerprint density at radius 1 is 1.10 bits per heavy atom. The predicted octanol–water partition coefficient (Wildman–Crippen LogP) is 4.50. The first-order chi connectivity index (χ1) is 10.2. The van der Waals surface area contributed by atoms with Crippen molar-refractivity contribution in [3.8, 4) is 5.75 Å². The Kier molecular flexibility index (Phi) is 3.82. The first kappa shape index (κ1) is 13.9. The van der Waals surface area contributed by atoms with Crippen LogP contribution in [0.1, 0.15) is 29.9 Å². The topological polar surface area (TPSA) is 21.3 Å². The normalized spacial score (nSPS) is 20.7. The molecule has 110 valence electrons. The Morgan fingerprint density at radius 2 is 1.86 bits per heavy atom. The van der Waals surface area contributed by atoms with Gasteiger partial charge in [0.25, 0.3) is 0 Å². The second kappa shape index (κ2) is 5.76. The van der Waals surface area contributed by atoms with Crippen molar-refractivity contribution in [1.82, 2.24) is 0 Å². The first-order valence-electron chi connectivity index (χ1n) is 7.33. The van der Waals surface area contributed by atoms with E-state index < -0.39 is 0 Å². The summed E-state index contributed by atoms with van der Waals surface area (Å²) in [6.07, 6.45) is 2.10. The van der Waals surface area contributed by atoms with Crippen molar-refractivity contribution < 1.29 is 9.13 Å². The number of hydrogen-bond acceptors (Lipinski definition) is 2. The quantitative estimate of drug-likeness (QED) is 0.893. The molecule has 1 fully saturated rings. The van der Waals surface area contributed by atoms with Crippen LogP contribution in [-0.2, 0) is 0 Å². The Bertz CT molecular complexity index is 635. The standard InChI is InChI=1S/C18H20FNO/c1-12-16(19)7-5-8-17(12)20-14-10-13(11-14)15-6-3-4-9-18(15)21-2/h3-9,13-14,20H,10-11H2,1-2H3. The summed E-state index contributed by atoms with van der Waals surface area (Å²) in [7, 11) is 1.71. The number of ether oxygens (including phenoxy) is 1. The van der Waals surface area contributed by atoms with Crippen LogP contribution in [0.15, 0.2) is 42.5 Å². The van der Waals surface area contributed by atoms with Crippen LogP contribution in [-0.4, -0.2) is 13.2 Å². The Labute approximate surface area is 125 Å². The first-order valence-corrected chi connectivity index (χ1v) is 7.33. The van der Waals surface area contributed by atoms with E-state index in [1.807, 2.05) is 25.1 Å². The lowest BCUT2D eigenvalue weighted by molar-refractivity contribution is 0.349. The molecule has 0 heterocycles. The van der Waals surface area contributed by atoms with Gasteiger partial charge in [-0.1, -0.05) is 24.3 Å². The van der Waals surface area contributed by atoms with E-state index in [0.29, 0.717) is 17.5 Å². The molecule has 1 saturated carbocycles. The van der Waals surface area contributed by atoms with Gasteiger partial charge in [0, 0.05) is 17.3 Å². The summed E-state index contributed by atoms with van der Waals surface area (Å²) < 4.78 is 19.0. The Morgan fingerprint density at radius 3 is 2.62 bits per heavy atom. The van der Waals surface area contributed by atoms with Gasteiger partial charge in [-0.2, -0.15) is 0 Å². The van der Waals surface area contributed by atoms with E-state index in [1.165, 1.54) is 11.6 Å². The van der Waals surface area contributed by atoms with E-state index in [2.05, 4.69) is 17.4 Å². The van der Waals surface area contributed by atoms with Gasteiger partial charge in [0.2, 0.25) is 0 Å². The minimum Gasteiger partial charge on any atom is -0.496 e. The number of hydrogen-bond donors (Lipinski definition) is 1. The predicted molar refractivity (Wildman–Crippen MR) is 83.5 cm³/mol. The number of nitrogens with one attached hydrogen (secondary N) is 1. The molecule has 1 N–H and O–H groups in total. The van der Waals surface area contributed by atoms with Crippen molar-refractivity contribution in [2.45, 2.75) is 31.7 Å². The molecular formula is C18H20FNO. The van der Waals surface area contributed by atoms with E-state index in [0.717, 1.165) is 24.3 Å². The molecule has 2 aromatic rings. The van der Waals surface area contributed by atoms with E-state index >= 15 is 0 Å². The summed E-state index contributed by atoms with van der Waals surface area (Å²) in [6.45, 7) is 1.81. The molecular weight excluding hydrogens is 265 g/mol. The molecule has 0 unspecified atom stereocenters. The van der Waals surface area contributed by atoms with E-state index in [1.54, 1.807) is 13.2 Å². The molecule has 0 aromatic heterocycles. The second-order valence-corrected chi connectivity index (χ2v) is 5.66. The van der Waals surface area contributed by atoms with Gasteiger partial charge in [0.05, 0.1) is 7.11 Å².